The van der Waals surface area contributed by atoms with E-state index in [1.54, 1.807) is 18.3 Å². The van der Waals surface area contributed by atoms with Gasteiger partial charge in [-0.2, -0.15) is 22.5 Å². The number of hydrogen-bond donors (Lipinski definition) is 1. The van der Waals surface area contributed by atoms with E-state index in [1.807, 2.05) is 0 Å². The van der Waals surface area contributed by atoms with Gasteiger partial charge >= 0.3 is 6.18 Å². The van der Waals surface area contributed by atoms with E-state index in [0.29, 0.717) is 17.3 Å². The molecule has 1 N–H and O–H groups in total. The minimum atomic E-state index is -4.52. The van der Waals surface area contributed by atoms with E-state index in [2.05, 4.69) is 36.6 Å². The molecule has 3 aromatic rings. The van der Waals surface area contributed by atoms with Gasteiger partial charge in [0.2, 0.25) is 5.13 Å². The van der Waals surface area contributed by atoms with Crippen LogP contribution in [0.5, 0.6) is 5.75 Å². The molecule has 0 aromatic carbocycles. The van der Waals surface area contributed by atoms with Crippen molar-refractivity contribution < 1.29 is 17.9 Å². The van der Waals surface area contributed by atoms with Gasteiger partial charge in [0, 0.05) is 43.1 Å². The lowest BCUT2D eigenvalue weighted by molar-refractivity contribution is -0.137. The molecule has 0 spiro atoms. The molecule has 158 valence electrons. The fourth-order valence-corrected chi connectivity index (χ4v) is 3.69. The Bertz CT molecular complexity index is 1000. The molecule has 0 atom stereocenters. The van der Waals surface area contributed by atoms with Crippen LogP contribution in [0.2, 0.25) is 0 Å². The van der Waals surface area contributed by atoms with Crippen LogP contribution in [0.1, 0.15) is 18.4 Å². The van der Waals surface area contributed by atoms with E-state index < -0.39 is 11.7 Å². The summed E-state index contributed by atoms with van der Waals surface area (Å²) in [6, 6.07) is 5.71. The highest BCUT2D eigenvalue weighted by Gasteiger charge is 2.34. The standard InChI is InChI=1S/C19H19F3N6OS/c1-28-9-5-12(6-10-28)29-13-4-8-23-15(11-13)17-26-18(30-27-17)25-16-14(19(20,21)22)3-2-7-24-16/h2-4,7-8,11-12H,5-6,9-10H2,1H3,(H,24,25,26,27). The van der Waals surface area contributed by atoms with Gasteiger partial charge in [0.1, 0.15) is 23.4 Å². The van der Waals surface area contributed by atoms with Crippen LogP contribution in [0.25, 0.3) is 11.5 Å². The summed E-state index contributed by atoms with van der Waals surface area (Å²) in [4.78, 5) is 14.6. The summed E-state index contributed by atoms with van der Waals surface area (Å²) < 4.78 is 49.7. The molecule has 0 unspecified atom stereocenters. The first-order chi connectivity index (χ1) is 14.4. The zero-order chi connectivity index (χ0) is 21.1. The minimum absolute atomic E-state index is 0.141. The zero-order valence-electron chi connectivity index (χ0n) is 16.1. The number of nitrogens with one attached hydrogen (secondary N) is 1. The summed E-state index contributed by atoms with van der Waals surface area (Å²) in [5, 5.41) is 2.80. The molecule has 3 aromatic heterocycles. The van der Waals surface area contributed by atoms with E-state index in [4.69, 9.17) is 4.74 Å². The average Bonchev–Trinajstić information content (AvgIpc) is 3.18. The Morgan fingerprint density at radius 1 is 1.17 bits per heavy atom. The maximum Gasteiger partial charge on any atom is 0.419 e. The molecule has 7 nitrogen and oxygen atoms in total. The fourth-order valence-electron chi connectivity index (χ4n) is 3.12. The molecule has 1 aliphatic rings. The number of aromatic nitrogens is 4. The number of nitrogens with zero attached hydrogens (tertiary/aromatic N) is 5. The molecule has 4 rings (SSSR count). The Morgan fingerprint density at radius 3 is 2.73 bits per heavy atom. The molecule has 1 saturated heterocycles. The third-order valence-electron chi connectivity index (χ3n) is 4.69. The third-order valence-corrected chi connectivity index (χ3v) is 5.32. The van der Waals surface area contributed by atoms with Crippen molar-refractivity contribution in [3.63, 3.8) is 0 Å². The Labute approximate surface area is 175 Å². The maximum absolute atomic E-state index is 13.1. The first kappa shape index (κ1) is 20.5. The lowest BCUT2D eigenvalue weighted by atomic mass is 10.1. The third kappa shape index (κ3) is 4.85. The number of anilines is 2. The molecular formula is C19H19F3N6OS. The first-order valence-electron chi connectivity index (χ1n) is 9.33. The van der Waals surface area contributed by atoms with Crippen molar-refractivity contribution in [2.24, 2.45) is 0 Å². The molecular weight excluding hydrogens is 417 g/mol. The van der Waals surface area contributed by atoms with Gasteiger partial charge < -0.3 is 15.0 Å². The molecule has 0 bridgehead atoms. The number of ether oxygens (including phenoxy) is 1. The van der Waals surface area contributed by atoms with E-state index in [-0.39, 0.29) is 17.1 Å². The monoisotopic (exact) mass is 436 g/mol. The summed E-state index contributed by atoms with van der Waals surface area (Å²) in [6.07, 6.45) is 0.401. The van der Waals surface area contributed by atoms with Crippen LogP contribution >= 0.6 is 11.5 Å². The summed E-state index contributed by atoms with van der Waals surface area (Å²) in [7, 11) is 2.09. The lowest BCUT2D eigenvalue weighted by Crippen LogP contribution is -2.35. The van der Waals surface area contributed by atoms with Gasteiger partial charge in [-0.05, 0) is 38.1 Å². The highest BCUT2D eigenvalue weighted by atomic mass is 32.1. The van der Waals surface area contributed by atoms with Crippen LogP contribution in [0.3, 0.4) is 0 Å². The Kier molecular flexibility index (Phi) is 5.82. The Morgan fingerprint density at radius 2 is 1.97 bits per heavy atom. The van der Waals surface area contributed by atoms with E-state index in [1.165, 1.54) is 12.3 Å². The second-order valence-corrected chi connectivity index (χ2v) is 7.69. The van der Waals surface area contributed by atoms with Crippen molar-refractivity contribution in [3.05, 3.63) is 42.2 Å². The summed E-state index contributed by atoms with van der Waals surface area (Å²) in [6.45, 7) is 1.97. The number of pyridine rings is 2. The normalized spacial score (nSPS) is 15.9. The van der Waals surface area contributed by atoms with Gasteiger partial charge in [0.05, 0.1) is 5.56 Å². The quantitative estimate of drug-likeness (QED) is 0.641. The smallest absolute Gasteiger partial charge is 0.419 e. The van der Waals surface area contributed by atoms with Crippen LogP contribution in [-0.2, 0) is 6.18 Å². The van der Waals surface area contributed by atoms with Gasteiger partial charge in [-0.3, -0.25) is 4.98 Å². The number of rotatable bonds is 5. The molecule has 30 heavy (non-hydrogen) atoms. The first-order valence-corrected chi connectivity index (χ1v) is 10.1. The number of alkyl halides is 3. The molecule has 0 amide bonds. The summed E-state index contributed by atoms with van der Waals surface area (Å²) in [5.74, 6) is 0.656. The zero-order valence-corrected chi connectivity index (χ0v) is 16.9. The maximum atomic E-state index is 13.1. The Balaban J connectivity index is 1.48. The van der Waals surface area contributed by atoms with Gasteiger partial charge in [0.15, 0.2) is 5.82 Å². The molecule has 0 aliphatic carbocycles. The van der Waals surface area contributed by atoms with E-state index >= 15 is 0 Å². The van der Waals surface area contributed by atoms with Gasteiger partial charge in [-0.25, -0.2) is 4.98 Å². The van der Waals surface area contributed by atoms with Crippen LogP contribution < -0.4 is 10.1 Å². The Hall–Kier alpha value is -2.79. The highest BCUT2D eigenvalue weighted by Crippen LogP contribution is 2.35. The van der Waals surface area contributed by atoms with Gasteiger partial charge in [-0.15, -0.1) is 0 Å². The van der Waals surface area contributed by atoms with Crippen molar-refractivity contribution >= 4 is 22.5 Å². The largest absolute Gasteiger partial charge is 0.490 e. The van der Waals surface area contributed by atoms with Crippen molar-refractivity contribution in [2.75, 3.05) is 25.5 Å². The van der Waals surface area contributed by atoms with Gasteiger partial charge in [-0.1, -0.05) is 0 Å². The molecule has 1 fully saturated rings. The molecule has 4 heterocycles. The van der Waals surface area contributed by atoms with Crippen molar-refractivity contribution in [1.82, 2.24) is 24.2 Å². The van der Waals surface area contributed by atoms with Crippen molar-refractivity contribution in [1.29, 1.82) is 0 Å². The van der Waals surface area contributed by atoms with Crippen LogP contribution in [-0.4, -0.2) is 50.5 Å². The molecule has 0 saturated carbocycles. The van der Waals surface area contributed by atoms with Crippen molar-refractivity contribution in [3.8, 4) is 17.3 Å². The van der Waals surface area contributed by atoms with Crippen LogP contribution in [0.15, 0.2) is 36.7 Å². The second-order valence-electron chi connectivity index (χ2n) is 6.94. The van der Waals surface area contributed by atoms with Crippen LogP contribution in [0.4, 0.5) is 24.1 Å². The average molecular weight is 436 g/mol. The minimum Gasteiger partial charge on any atom is -0.490 e. The van der Waals surface area contributed by atoms with E-state index in [0.717, 1.165) is 43.5 Å². The SMILES string of the molecule is CN1CCC(Oc2ccnc(-c3nsc(Nc4ncccc4C(F)(F)F)n3)c2)CC1. The number of halogens is 3. The number of piperidine rings is 1. The number of likely N-dealkylation sites (tertiary alicyclic amines) is 1. The van der Waals surface area contributed by atoms with Gasteiger partial charge in [0.25, 0.3) is 0 Å². The second kappa shape index (κ2) is 8.52. The van der Waals surface area contributed by atoms with E-state index in [9.17, 15) is 13.2 Å². The molecule has 11 heteroatoms. The summed E-state index contributed by atoms with van der Waals surface area (Å²) >= 11 is 0.934. The molecule has 0 radical (unpaired) electrons. The predicted octanol–water partition coefficient (Wildman–Crippen LogP) is 4.23. The van der Waals surface area contributed by atoms with Crippen molar-refractivity contribution in [2.45, 2.75) is 25.1 Å². The fraction of sp³-hybridized carbons (Fsp3) is 0.368. The summed E-state index contributed by atoms with van der Waals surface area (Å²) in [5.41, 5.74) is -0.379. The molecule has 1 aliphatic heterocycles. The predicted molar refractivity (Wildman–Crippen MR) is 107 cm³/mol. The lowest BCUT2D eigenvalue weighted by Gasteiger charge is -2.29. The number of hydrogen-bond acceptors (Lipinski definition) is 8. The van der Waals surface area contributed by atoms with Crippen LogP contribution in [0, 0.1) is 0 Å². The topological polar surface area (TPSA) is 76.1 Å². The highest BCUT2D eigenvalue weighted by molar-refractivity contribution is 7.09.